The summed E-state index contributed by atoms with van der Waals surface area (Å²) in [4.78, 5) is 0. The standard InChI is InChI=1S/2C6H6O.2C3H9Si.Zr/c2*7-6-4-2-1-3-5-6;2*1-4(2)3;/h2*1-5,7H;2*1-3H3;. The number of phenols is 2. The Balaban J connectivity index is -0.000000238. The van der Waals surface area contributed by atoms with Crippen LogP contribution in [0.25, 0.3) is 0 Å². The number of hydrogen-bond donors (Lipinski definition) is 2. The predicted molar refractivity (Wildman–Crippen MR) is 103 cm³/mol. The van der Waals surface area contributed by atoms with E-state index in [0.29, 0.717) is 11.5 Å². The quantitative estimate of drug-likeness (QED) is 0.545. The first-order valence-corrected chi connectivity index (χ1v) is 13.3. The second kappa shape index (κ2) is 19.4. The zero-order valence-electron chi connectivity index (χ0n) is 15.2. The van der Waals surface area contributed by atoms with Crippen LogP contribution in [0.1, 0.15) is 0 Å². The van der Waals surface area contributed by atoms with E-state index in [9.17, 15) is 0 Å². The molecule has 0 heterocycles. The largest absolute Gasteiger partial charge is 0.508 e. The summed E-state index contributed by atoms with van der Waals surface area (Å²) in [7, 11) is 0.241. The van der Waals surface area contributed by atoms with Crippen molar-refractivity contribution in [3.63, 3.8) is 0 Å². The van der Waals surface area contributed by atoms with Crippen LogP contribution in [0.2, 0.25) is 39.3 Å². The molecule has 2 rings (SSSR count). The Kier molecular flexibility index (Phi) is 23.0. The van der Waals surface area contributed by atoms with Gasteiger partial charge in [0, 0.05) is 43.8 Å². The fourth-order valence-electron chi connectivity index (χ4n) is 0.856. The van der Waals surface area contributed by atoms with Gasteiger partial charge in [-0.25, -0.2) is 0 Å². The second-order valence-electron chi connectivity index (χ2n) is 5.67. The first-order valence-electron chi connectivity index (χ1n) is 7.27. The van der Waals surface area contributed by atoms with E-state index >= 15 is 0 Å². The third kappa shape index (κ3) is 33.9. The van der Waals surface area contributed by atoms with Crippen LogP contribution in [0.4, 0.5) is 0 Å². The van der Waals surface area contributed by atoms with Gasteiger partial charge < -0.3 is 10.2 Å². The first kappa shape index (κ1) is 27.2. The van der Waals surface area contributed by atoms with Gasteiger partial charge in [0.2, 0.25) is 0 Å². The van der Waals surface area contributed by atoms with E-state index in [1.807, 2.05) is 12.1 Å². The molecule has 2 aromatic carbocycles. The second-order valence-corrected chi connectivity index (χ2v) is 11.7. The summed E-state index contributed by atoms with van der Waals surface area (Å²) in [5.74, 6) is 0.644. The molecule has 0 bridgehead atoms. The van der Waals surface area contributed by atoms with Gasteiger partial charge in [-0.3, -0.25) is 0 Å². The van der Waals surface area contributed by atoms with Gasteiger partial charge in [0.15, 0.2) is 0 Å². The molecule has 2 nitrogen and oxygen atoms in total. The molecule has 0 aromatic heterocycles. The van der Waals surface area contributed by atoms with Crippen LogP contribution in [0.3, 0.4) is 0 Å². The first-order chi connectivity index (χ1) is 10.3. The molecule has 23 heavy (non-hydrogen) atoms. The third-order valence-electron chi connectivity index (χ3n) is 1.51. The van der Waals surface area contributed by atoms with E-state index in [-0.39, 0.29) is 43.8 Å². The molecule has 0 spiro atoms. The van der Waals surface area contributed by atoms with Gasteiger partial charge in [-0.05, 0) is 24.3 Å². The number of rotatable bonds is 0. The van der Waals surface area contributed by atoms with E-state index in [0.717, 1.165) is 0 Å². The summed E-state index contributed by atoms with van der Waals surface area (Å²) in [6.07, 6.45) is 0. The van der Waals surface area contributed by atoms with Gasteiger partial charge in [0.25, 0.3) is 0 Å². The Bertz CT molecular complexity index is 388. The zero-order valence-corrected chi connectivity index (χ0v) is 19.6. The van der Waals surface area contributed by atoms with Gasteiger partial charge in [0.1, 0.15) is 11.5 Å². The minimum atomic E-state index is 0. The number of para-hydroxylation sites is 2. The van der Waals surface area contributed by atoms with Crippen LogP contribution < -0.4 is 0 Å². The van der Waals surface area contributed by atoms with E-state index in [1.165, 1.54) is 0 Å². The summed E-state index contributed by atoms with van der Waals surface area (Å²) in [6, 6.07) is 17.4. The zero-order chi connectivity index (χ0) is 17.4. The van der Waals surface area contributed by atoms with Crippen molar-refractivity contribution in [2.24, 2.45) is 0 Å². The van der Waals surface area contributed by atoms with E-state index < -0.39 is 0 Å². The summed E-state index contributed by atoms with van der Waals surface area (Å²) >= 11 is 0. The van der Waals surface area contributed by atoms with Crippen molar-refractivity contribution in [3.05, 3.63) is 60.7 Å². The molecule has 0 aliphatic heterocycles. The van der Waals surface area contributed by atoms with Crippen molar-refractivity contribution in [1.82, 2.24) is 0 Å². The van der Waals surface area contributed by atoms with Crippen LogP contribution in [-0.2, 0) is 26.2 Å². The van der Waals surface area contributed by atoms with Crippen molar-refractivity contribution in [2.75, 3.05) is 0 Å². The molecule has 0 aliphatic carbocycles. The van der Waals surface area contributed by atoms with Gasteiger partial charge in [-0.15, -0.1) is 0 Å². The van der Waals surface area contributed by atoms with Gasteiger partial charge in [-0.1, -0.05) is 75.7 Å². The van der Waals surface area contributed by atoms with E-state index in [4.69, 9.17) is 10.2 Å². The fourth-order valence-corrected chi connectivity index (χ4v) is 0.856. The maximum Gasteiger partial charge on any atom is 0.115 e. The Morgan fingerprint density at radius 1 is 0.522 bits per heavy atom. The van der Waals surface area contributed by atoms with Crippen LogP contribution in [0.15, 0.2) is 60.7 Å². The normalized spacial score (nSPS) is 8.35. The number of aromatic hydroxyl groups is 2. The number of benzene rings is 2. The average Bonchev–Trinajstić information content (AvgIpc) is 2.40. The Morgan fingerprint density at radius 3 is 0.783 bits per heavy atom. The van der Waals surface area contributed by atoms with Gasteiger partial charge >= 0.3 is 0 Å². The SMILES string of the molecule is C[Si](C)C.C[Si](C)C.Oc1ccccc1.Oc1ccccc1.[Zr]. The average molecular weight is 426 g/mol. The monoisotopic (exact) mass is 424 g/mol. The van der Waals surface area contributed by atoms with Crippen molar-refractivity contribution in [2.45, 2.75) is 39.3 Å². The summed E-state index contributed by atoms with van der Waals surface area (Å²) < 4.78 is 0. The molecule has 5 heteroatoms. The molecule has 126 valence electrons. The molecule has 0 saturated heterocycles. The Morgan fingerprint density at radius 2 is 0.696 bits per heavy atom. The Labute approximate surface area is 164 Å². The molecule has 0 saturated carbocycles. The molecule has 0 aliphatic rings. The number of phenolic OH excluding ortho intramolecular Hbond substituents is 2. The van der Waals surface area contributed by atoms with Crippen molar-refractivity contribution >= 4 is 17.6 Å². The van der Waals surface area contributed by atoms with Crippen LogP contribution in [0.5, 0.6) is 11.5 Å². The Hall–Kier alpha value is -0.643. The van der Waals surface area contributed by atoms with Crippen LogP contribution >= 0.6 is 0 Å². The molecule has 0 unspecified atom stereocenters. The van der Waals surface area contributed by atoms with Crippen LogP contribution in [-0.4, -0.2) is 27.8 Å². The molecule has 0 fully saturated rings. The van der Waals surface area contributed by atoms with Gasteiger partial charge in [0.05, 0.1) is 0 Å². The molecule has 0 amide bonds. The minimum absolute atomic E-state index is 0. The summed E-state index contributed by atoms with van der Waals surface area (Å²) in [5, 5.41) is 17.3. The maximum atomic E-state index is 8.63. The van der Waals surface area contributed by atoms with E-state index in [1.54, 1.807) is 48.5 Å². The third-order valence-corrected chi connectivity index (χ3v) is 1.51. The topological polar surface area (TPSA) is 40.5 Å². The summed E-state index contributed by atoms with van der Waals surface area (Å²) in [6.45, 7) is 13.6. The van der Waals surface area contributed by atoms with Gasteiger partial charge in [-0.2, -0.15) is 0 Å². The minimum Gasteiger partial charge on any atom is -0.508 e. The smallest absolute Gasteiger partial charge is 0.115 e. The molecule has 0 atom stereocenters. The maximum absolute atomic E-state index is 8.63. The van der Waals surface area contributed by atoms with Crippen molar-refractivity contribution in [1.29, 1.82) is 0 Å². The molecule has 2 N–H and O–H groups in total. The molecule has 2 radical (unpaired) electrons. The number of hydrogen-bond acceptors (Lipinski definition) is 2. The molecular formula is C18H30O2Si2Zr. The van der Waals surface area contributed by atoms with Crippen LogP contribution in [0, 0.1) is 0 Å². The fraction of sp³-hybridized carbons (Fsp3) is 0.333. The summed E-state index contributed by atoms with van der Waals surface area (Å²) in [5.41, 5.74) is 0. The van der Waals surface area contributed by atoms with E-state index in [2.05, 4.69) is 39.3 Å². The van der Waals surface area contributed by atoms with Crippen molar-refractivity contribution < 1.29 is 36.4 Å². The predicted octanol–water partition coefficient (Wildman–Crippen LogP) is 5.52. The molecule has 2 aromatic rings. The molecular weight excluding hydrogens is 396 g/mol. The van der Waals surface area contributed by atoms with Crippen molar-refractivity contribution in [3.8, 4) is 11.5 Å².